The van der Waals surface area contributed by atoms with Crippen LogP contribution in [0.5, 0.6) is 11.5 Å². The molecule has 0 fully saturated rings. The van der Waals surface area contributed by atoms with E-state index in [2.05, 4.69) is 5.32 Å². The van der Waals surface area contributed by atoms with Gasteiger partial charge in [-0.1, -0.05) is 17.8 Å². The Morgan fingerprint density at radius 2 is 1.81 bits per heavy atom. The minimum Gasteiger partial charge on any atom is -0.493 e. The highest BCUT2D eigenvalue weighted by Gasteiger charge is 2.08. The normalized spacial score (nSPS) is 10.0. The second-order valence-corrected chi connectivity index (χ2v) is 5.50. The van der Waals surface area contributed by atoms with Gasteiger partial charge in [0.05, 0.1) is 19.9 Å². The molecule has 0 aliphatic rings. The molecule has 5 heteroatoms. The number of anilines is 1. The summed E-state index contributed by atoms with van der Waals surface area (Å²) in [7, 11) is 3.22. The summed E-state index contributed by atoms with van der Waals surface area (Å²) in [6, 6.07) is 11.6. The van der Waals surface area contributed by atoms with E-state index in [0.717, 1.165) is 21.0 Å². The highest BCUT2D eigenvalue weighted by molar-refractivity contribution is 7.99. The maximum Gasteiger partial charge on any atom is 0.211 e. The monoisotopic (exact) mass is 303 g/mol. The van der Waals surface area contributed by atoms with Gasteiger partial charge in [-0.05, 0) is 42.8 Å². The summed E-state index contributed by atoms with van der Waals surface area (Å²) >= 11 is 1.56. The largest absolute Gasteiger partial charge is 0.493 e. The molecule has 0 bridgehead atoms. The van der Waals surface area contributed by atoms with Crippen LogP contribution in [0.25, 0.3) is 0 Å². The van der Waals surface area contributed by atoms with Crippen LogP contribution in [0.1, 0.15) is 5.56 Å². The molecule has 0 radical (unpaired) electrons. The fraction of sp³-hybridized carbons (Fsp3) is 0.188. The van der Waals surface area contributed by atoms with Crippen molar-refractivity contribution >= 4 is 23.9 Å². The van der Waals surface area contributed by atoms with Crippen molar-refractivity contribution < 1.29 is 14.3 Å². The zero-order chi connectivity index (χ0) is 15.2. The van der Waals surface area contributed by atoms with Gasteiger partial charge in [0, 0.05) is 9.79 Å². The van der Waals surface area contributed by atoms with Crippen molar-refractivity contribution in [3.8, 4) is 11.5 Å². The van der Waals surface area contributed by atoms with Gasteiger partial charge in [-0.25, -0.2) is 0 Å². The summed E-state index contributed by atoms with van der Waals surface area (Å²) in [5, 5.41) is 2.72. The molecule has 0 aromatic heterocycles. The number of aryl methyl sites for hydroxylation is 1. The lowest BCUT2D eigenvalue weighted by atomic mass is 10.2. The quantitative estimate of drug-likeness (QED) is 0.826. The number of nitrogens with one attached hydrogen (secondary N) is 1. The molecule has 110 valence electrons. The maximum atomic E-state index is 10.7. The number of benzene rings is 2. The van der Waals surface area contributed by atoms with Crippen molar-refractivity contribution in [1.82, 2.24) is 0 Å². The van der Waals surface area contributed by atoms with Crippen LogP contribution in [-0.4, -0.2) is 20.6 Å². The zero-order valence-corrected chi connectivity index (χ0v) is 13.0. The topological polar surface area (TPSA) is 47.6 Å². The summed E-state index contributed by atoms with van der Waals surface area (Å²) < 4.78 is 10.5. The molecule has 0 heterocycles. The van der Waals surface area contributed by atoms with Crippen molar-refractivity contribution in [2.45, 2.75) is 16.7 Å². The average molecular weight is 303 g/mol. The van der Waals surface area contributed by atoms with Crippen LogP contribution in [0.15, 0.2) is 46.2 Å². The van der Waals surface area contributed by atoms with E-state index in [9.17, 15) is 4.79 Å². The average Bonchev–Trinajstić information content (AvgIpc) is 2.50. The second-order valence-electron chi connectivity index (χ2n) is 4.38. The SMILES string of the molecule is COc1ccc(Sc2cc(C)ccc2NC=O)cc1OC. The van der Waals surface area contributed by atoms with E-state index in [1.54, 1.807) is 26.0 Å². The molecule has 0 unspecified atom stereocenters. The van der Waals surface area contributed by atoms with Crippen molar-refractivity contribution in [2.75, 3.05) is 19.5 Å². The predicted molar refractivity (Wildman–Crippen MR) is 84.5 cm³/mol. The Morgan fingerprint density at radius 3 is 2.48 bits per heavy atom. The van der Waals surface area contributed by atoms with Gasteiger partial charge in [0.2, 0.25) is 6.41 Å². The lowest BCUT2D eigenvalue weighted by Crippen LogP contribution is -1.96. The third kappa shape index (κ3) is 3.70. The van der Waals surface area contributed by atoms with E-state index in [0.29, 0.717) is 17.9 Å². The van der Waals surface area contributed by atoms with E-state index in [1.807, 2.05) is 43.3 Å². The first-order valence-corrected chi connectivity index (χ1v) is 7.20. The first kappa shape index (κ1) is 15.3. The van der Waals surface area contributed by atoms with Crippen molar-refractivity contribution in [2.24, 2.45) is 0 Å². The predicted octanol–water partition coefficient (Wildman–Crippen LogP) is 3.73. The maximum absolute atomic E-state index is 10.7. The van der Waals surface area contributed by atoms with Gasteiger partial charge in [-0.2, -0.15) is 0 Å². The first-order valence-electron chi connectivity index (χ1n) is 6.38. The summed E-state index contributed by atoms with van der Waals surface area (Å²) in [4.78, 5) is 12.7. The number of hydrogen-bond acceptors (Lipinski definition) is 4. The second kappa shape index (κ2) is 7.04. The van der Waals surface area contributed by atoms with Crippen LogP contribution in [-0.2, 0) is 4.79 Å². The lowest BCUT2D eigenvalue weighted by molar-refractivity contribution is -0.105. The number of amides is 1. The molecule has 0 aliphatic heterocycles. The Morgan fingerprint density at radius 1 is 1.05 bits per heavy atom. The molecule has 1 amide bonds. The van der Waals surface area contributed by atoms with Crippen LogP contribution < -0.4 is 14.8 Å². The van der Waals surface area contributed by atoms with Gasteiger partial charge in [0.15, 0.2) is 11.5 Å². The van der Waals surface area contributed by atoms with Crippen LogP contribution in [0.3, 0.4) is 0 Å². The van der Waals surface area contributed by atoms with Crippen LogP contribution in [0.4, 0.5) is 5.69 Å². The van der Waals surface area contributed by atoms with Gasteiger partial charge >= 0.3 is 0 Å². The van der Waals surface area contributed by atoms with E-state index in [4.69, 9.17) is 9.47 Å². The van der Waals surface area contributed by atoms with Crippen molar-refractivity contribution in [1.29, 1.82) is 0 Å². The van der Waals surface area contributed by atoms with Crippen LogP contribution >= 0.6 is 11.8 Å². The van der Waals surface area contributed by atoms with E-state index < -0.39 is 0 Å². The molecule has 0 aliphatic carbocycles. The molecule has 1 N–H and O–H groups in total. The third-order valence-electron chi connectivity index (χ3n) is 2.93. The minimum absolute atomic E-state index is 0.681. The Hall–Kier alpha value is -2.14. The molecule has 0 atom stereocenters. The molecule has 2 aromatic rings. The van der Waals surface area contributed by atoms with Crippen molar-refractivity contribution in [3.63, 3.8) is 0 Å². The molecule has 2 rings (SSSR count). The number of hydrogen-bond donors (Lipinski definition) is 1. The fourth-order valence-corrected chi connectivity index (χ4v) is 2.94. The number of rotatable bonds is 6. The summed E-state index contributed by atoms with van der Waals surface area (Å²) in [5.74, 6) is 1.37. The number of carbonyl (C=O) groups excluding carboxylic acids is 1. The molecule has 2 aromatic carbocycles. The zero-order valence-electron chi connectivity index (χ0n) is 12.2. The smallest absolute Gasteiger partial charge is 0.211 e. The van der Waals surface area contributed by atoms with Gasteiger partial charge in [-0.3, -0.25) is 4.79 Å². The number of methoxy groups -OCH3 is 2. The number of carbonyl (C=O) groups is 1. The van der Waals surface area contributed by atoms with Crippen LogP contribution in [0.2, 0.25) is 0 Å². The highest BCUT2D eigenvalue weighted by Crippen LogP contribution is 2.38. The highest BCUT2D eigenvalue weighted by atomic mass is 32.2. The first-order chi connectivity index (χ1) is 10.2. The minimum atomic E-state index is 0.681. The Labute approximate surface area is 128 Å². The van der Waals surface area contributed by atoms with Gasteiger partial charge in [0.1, 0.15) is 0 Å². The summed E-state index contributed by atoms with van der Waals surface area (Å²) in [6.07, 6.45) is 0.684. The Kier molecular flexibility index (Phi) is 5.11. The molecule has 0 saturated heterocycles. The van der Waals surface area contributed by atoms with Gasteiger partial charge in [0.25, 0.3) is 0 Å². The molecule has 21 heavy (non-hydrogen) atoms. The molecule has 0 saturated carbocycles. The summed E-state index contributed by atoms with van der Waals surface area (Å²) in [5.41, 5.74) is 1.92. The standard InChI is InChI=1S/C16H17NO3S/c1-11-4-6-13(17-10-18)16(8-11)21-12-5-7-14(19-2)15(9-12)20-3/h4-10H,1-3H3,(H,17,18). The van der Waals surface area contributed by atoms with E-state index in [-0.39, 0.29) is 0 Å². The summed E-state index contributed by atoms with van der Waals surface area (Å²) in [6.45, 7) is 2.02. The van der Waals surface area contributed by atoms with Gasteiger partial charge < -0.3 is 14.8 Å². The fourth-order valence-electron chi connectivity index (χ4n) is 1.90. The molecule has 4 nitrogen and oxygen atoms in total. The van der Waals surface area contributed by atoms with Crippen molar-refractivity contribution in [3.05, 3.63) is 42.0 Å². The van der Waals surface area contributed by atoms with Gasteiger partial charge in [-0.15, -0.1) is 0 Å². The molecular weight excluding hydrogens is 286 g/mol. The Balaban J connectivity index is 2.33. The third-order valence-corrected chi connectivity index (χ3v) is 3.98. The lowest BCUT2D eigenvalue weighted by Gasteiger charge is -2.12. The van der Waals surface area contributed by atoms with Crippen LogP contribution in [0, 0.1) is 6.92 Å². The molecular formula is C16H17NO3S. The molecule has 0 spiro atoms. The van der Waals surface area contributed by atoms with E-state index in [1.165, 1.54) is 0 Å². The van der Waals surface area contributed by atoms with E-state index >= 15 is 0 Å². The Bertz CT molecular complexity index is 643. The number of ether oxygens (including phenoxy) is 2.